The first-order valence-electron chi connectivity index (χ1n) is 13.8. The lowest BCUT2D eigenvalue weighted by Crippen LogP contribution is -2.47. The molecule has 1 atom stereocenters. The highest BCUT2D eigenvalue weighted by molar-refractivity contribution is 5.84. The van der Waals surface area contributed by atoms with Crippen LogP contribution in [0.4, 0.5) is 0 Å². The fraction of sp³-hybridized carbons (Fsp3) is 0.690. The molecule has 0 saturated heterocycles. The molecular formula is C29H41NO7. The molecule has 1 aromatic rings. The quantitative estimate of drug-likeness (QED) is 0.245. The molecule has 0 bridgehead atoms. The molecule has 3 aliphatic carbocycles. The van der Waals surface area contributed by atoms with Crippen molar-refractivity contribution in [3.8, 4) is 5.75 Å². The maximum atomic E-state index is 13.5. The van der Waals surface area contributed by atoms with Gasteiger partial charge in [-0.15, -0.1) is 0 Å². The molecule has 2 N–H and O–H groups in total. The minimum Gasteiger partial charge on any atom is -0.481 e. The number of hydrogen-bond acceptors (Lipinski definition) is 6. The molecule has 0 radical (unpaired) electrons. The largest absolute Gasteiger partial charge is 0.481 e. The zero-order valence-electron chi connectivity index (χ0n) is 22.0. The Kier molecular flexibility index (Phi) is 9.60. The number of nitrogens with one attached hydrogen (secondary N) is 1. The Labute approximate surface area is 219 Å². The van der Waals surface area contributed by atoms with Gasteiger partial charge in [0.1, 0.15) is 5.75 Å². The number of amides is 1. The molecule has 1 amide bonds. The van der Waals surface area contributed by atoms with E-state index in [1.807, 2.05) is 12.1 Å². The molecule has 8 nitrogen and oxygen atoms in total. The summed E-state index contributed by atoms with van der Waals surface area (Å²) in [7, 11) is 1.57. The second kappa shape index (κ2) is 12.9. The lowest BCUT2D eigenvalue weighted by molar-refractivity contribution is -0.147. The summed E-state index contributed by atoms with van der Waals surface area (Å²) in [5.74, 6) is -1.43. The average molecular weight is 516 g/mol. The number of carboxylic acid groups (broad SMARTS) is 1. The van der Waals surface area contributed by atoms with E-state index in [0.717, 1.165) is 32.1 Å². The molecule has 0 heterocycles. The minimum absolute atomic E-state index is 0.00440. The van der Waals surface area contributed by atoms with Crippen molar-refractivity contribution < 1.29 is 33.7 Å². The van der Waals surface area contributed by atoms with Gasteiger partial charge in [-0.05, 0) is 87.5 Å². The maximum absolute atomic E-state index is 13.5. The highest BCUT2D eigenvalue weighted by atomic mass is 16.5. The summed E-state index contributed by atoms with van der Waals surface area (Å²) in [6, 6.07) is 5.95. The van der Waals surface area contributed by atoms with E-state index in [1.54, 1.807) is 7.11 Å². The van der Waals surface area contributed by atoms with Gasteiger partial charge in [0.2, 0.25) is 5.91 Å². The van der Waals surface area contributed by atoms with E-state index in [1.165, 1.54) is 11.1 Å². The summed E-state index contributed by atoms with van der Waals surface area (Å²) in [4.78, 5) is 38.2. The molecule has 37 heavy (non-hydrogen) atoms. The molecule has 1 aromatic carbocycles. The van der Waals surface area contributed by atoms with E-state index in [0.29, 0.717) is 57.5 Å². The third-order valence-electron chi connectivity index (χ3n) is 8.46. The number of aliphatic carboxylic acids is 1. The predicted molar refractivity (Wildman–Crippen MR) is 137 cm³/mol. The maximum Gasteiger partial charge on any atom is 0.314 e. The zero-order chi connectivity index (χ0) is 26.3. The minimum atomic E-state index is -0.932. The molecular weight excluding hydrogens is 474 g/mol. The van der Waals surface area contributed by atoms with Crippen LogP contribution in [0.3, 0.4) is 0 Å². The number of ether oxygens (including phenoxy) is 3. The van der Waals surface area contributed by atoms with Gasteiger partial charge in [0.15, 0.2) is 0 Å². The Morgan fingerprint density at radius 3 is 2.46 bits per heavy atom. The number of rotatable bonds is 12. The molecule has 0 aliphatic heterocycles. The molecule has 0 aromatic heterocycles. The van der Waals surface area contributed by atoms with Gasteiger partial charge in [-0.25, -0.2) is 0 Å². The third-order valence-corrected chi connectivity index (χ3v) is 8.46. The topological polar surface area (TPSA) is 111 Å². The monoisotopic (exact) mass is 515 g/mol. The zero-order valence-corrected chi connectivity index (χ0v) is 22.0. The molecule has 3 aliphatic rings. The molecule has 8 heteroatoms. The molecule has 2 saturated carbocycles. The Balaban J connectivity index is 1.27. The van der Waals surface area contributed by atoms with E-state index in [-0.39, 0.29) is 36.9 Å². The van der Waals surface area contributed by atoms with Crippen molar-refractivity contribution in [1.29, 1.82) is 0 Å². The van der Waals surface area contributed by atoms with Crippen molar-refractivity contribution in [1.82, 2.24) is 5.32 Å². The van der Waals surface area contributed by atoms with Crippen molar-refractivity contribution in [3.05, 3.63) is 29.3 Å². The molecule has 0 spiro atoms. The number of carboxylic acids is 1. The summed E-state index contributed by atoms with van der Waals surface area (Å²) in [5.41, 5.74) is 1.96. The van der Waals surface area contributed by atoms with Crippen LogP contribution in [0.1, 0.15) is 75.3 Å². The number of aryl methyl sites for hydroxylation is 2. The van der Waals surface area contributed by atoms with Gasteiger partial charge in [-0.3, -0.25) is 14.4 Å². The molecule has 2 fully saturated rings. The summed E-state index contributed by atoms with van der Waals surface area (Å²) in [6.45, 7) is 0.810. The summed E-state index contributed by atoms with van der Waals surface area (Å²) < 4.78 is 16.2. The van der Waals surface area contributed by atoms with E-state index in [4.69, 9.17) is 14.2 Å². The Morgan fingerprint density at radius 1 is 1.03 bits per heavy atom. The number of hydrogen-bond donors (Lipinski definition) is 2. The highest BCUT2D eigenvalue weighted by Crippen LogP contribution is 2.44. The molecule has 1 unspecified atom stereocenters. The first kappa shape index (κ1) is 27.6. The van der Waals surface area contributed by atoms with Crippen molar-refractivity contribution >= 4 is 17.8 Å². The van der Waals surface area contributed by atoms with E-state index in [2.05, 4.69) is 11.4 Å². The van der Waals surface area contributed by atoms with Crippen LogP contribution in [0.5, 0.6) is 5.75 Å². The third kappa shape index (κ3) is 7.11. The van der Waals surface area contributed by atoms with Gasteiger partial charge in [-0.2, -0.15) is 0 Å². The average Bonchev–Trinajstić information content (AvgIpc) is 3.56. The van der Waals surface area contributed by atoms with Crippen LogP contribution >= 0.6 is 0 Å². The van der Waals surface area contributed by atoms with Gasteiger partial charge >= 0.3 is 11.9 Å². The van der Waals surface area contributed by atoms with Crippen molar-refractivity contribution in [2.75, 3.05) is 26.9 Å². The fourth-order valence-electron chi connectivity index (χ4n) is 6.26. The second-order valence-electron chi connectivity index (χ2n) is 11.0. The standard InChI is InChI=1S/C29H41NO7/c1-35-15-16-36-19-23(26(31)32)18-29(13-2-3-14-29)28(34)30-24-10-7-21(8-11-24)27(33)37-25-12-9-20-5-4-6-22(20)17-25/h9,12,17,21,23-24H,2-8,10-11,13-16,18-19H2,1H3,(H,30,34)(H,31,32)/t21-,23?,24+. The van der Waals surface area contributed by atoms with Gasteiger partial charge < -0.3 is 24.6 Å². The predicted octanol–water partition coefficient (Wildman–Crippen LogP) is 4.07. The second-order valence-corrected chi connectivity index (χ2v) is 11.0. The number of esters is 1. The first-order chi connectivity index (χ1) is 17.9. The number of fused-ring (bicyclic) bond motifs is 1. The van der Waals surface area contributed by atoms with E-state index < -0.39 is 17.3 Å². The van der Waals surface area contributed by atoms with Gasteiger partial charge in [0.25, 0.3) is 0 Å². The summed E-state index contributed by atoms with van der Waals surface area (Å²) in [6.07, 6.45) is 9.60. The van der Waals surface area contributed by atoms with Gasteiger partial charge in [-0.1, -0.05) is 18.9 Å². The van der Waals surface area contributed by atoms with Gasteiger partial charge in [0.05, 0.1) is 37.1 Å². The fourth-order valence-corrected chi connectivity index (χ4v) is 6.26. The summed E-state index contributed by atoms with van der Waals surface area (Å²) in [5, 5.41) is 13.0. The van der Waals surface area contributed by atoms with Crippen LogP contribution in [0, 0.1) is 17.3 Å². The van der Waals surface area contributed by atoms with Crippen LogP contribution in [-0.2, 0) is 36.7 Å². The molecule has 204 valence electrons. The van der Waals surface area contributed by atoms with E-state index >= 15 is 0 Å². The highest BCUT2D eigenvalue weighted by Gasteiger charge is 2.45. The van der Waals surface area contributed by atoms with Gasteiger partial charge in [0, 0.05) is 13.2 Å². The van der Waals surface area contributed by atoms with Crippen molar-refractivity contribution in [2.24, 2.45) is 17.3 Å². The summed E-state index contributed by atoms with van der Waals surface area (Å²) >= 11 is 0. The molecule has 4 rings (SSSR count). The van der Waals surface area contributed by atoms with Crippen molar-refractivity contribution in [3.63, 3.8) is 0 Å². The number of methoxy groups -OCH3 is 1. The first-order valence-corrected chi connectivity index (χ1v) is 13.8. The van der Waals surface area contributed by atoms with Crippen LogP contribution in [0.15, 0.2) is 18.2 Å². The lowest BCUT2D eigenvalue weighted by atomic mass is 9.76. The van der Waals surface area contributed by atoms with Crippen LogP contribution < -0.4 is 10.1 Å². The number of carbonyl (C=O) groups is 3. The van der Waals surface area contributed by atoms with Crippen LogP contribution in [-0.4, -0.2) is 55.9 Å². The normalized spacial score (nSPS) is 23.3. The van der Waals surface area contributed by atoms with Crippen molar-refractivity contribution in [2.45, 2.75) is 83.1 Å². The Morgan fingerprint density at radius 2 is 1.76 bits per heavy atom. The van der Waals surface area contributed by atoms with Crippen LogP contribution in [0.25, 0.3) is 0 Å². The Bertz CT molecular complexity index is 948. The van der Waals surface area contributed by atoms with E-state index in [9.17, 15) is 19.5 Å². The SMILES string of the molecule is COCCOCC(CC1(C(=O)N[C@H]2CC[C@@H](C(=O)Oc3ccc4c(c3)CCC4)CC2)CCCC1)C(=O)O. The Hall–Kier alpha value is -2.45. The lowest BCUT2D eigenvalue weighted by Gasteiger charge is -2.34. The van der Waals surface area contributed by atoms with Crippen LogP contribution in [0.2, 0.25) is 0 Å². The smallest absolute Gasteiger partial charge is 0.314 e. The number of benzene rings is 1. The number of carbonyl (C=O) groups excluding carboxylic acids is 2.